The van der Waals surface area contributed by atoms with E-state index in [4.69, 9.17) is 15.8 Å². The summed E-state index contributed by atoms with van der Waals surface area (Å²) in [5.74, 6) is -3.85. The molecule has 3 amide bonds. The van der Waals surface area contributed by atoms with Gasteiger partial charge in [-0.1, -0.05) is 0 Å². The molecule has 23 heteroatoms. The van der Waals surface area contributed by atoms with Crippen molar-refractivity contribution in [1.82, 2.24) is 19.6 Å². The maximum atomic E-state index is 13.3. The number of carbonyl (C=O) groups excluding carboxylic acids is 4. The summed E-state index contributed by atoms with van der Waals surface area (Å²) in [6.07, 6.45) is -14.8. The van der Waals surface area contributed by atoms with Crippen LogP contribution in [0.5, 0.6) is 0 Å². The monoisotopic (exact) mass is 810 g/mol. The first-order chi connectivity index (χ1) is 23.1. The van der Waals surface area contributed by atoms with Gasteiger partial charge in [0.2, 0.25) is 0 Å². The first-order valence-electron chi connectivity index (χ1n) is 14.3. The summed E-state index contributed by atoms with van der Waals surface area (Å²) < 4.78 is 116. The zero-order chi connectivity index (χ0) is 38.0. The van der Waals surface area contributed by atoms with Gasteiger partial charge >= 0.3 is 127 Å². The van der Waals surface area contributed by atoms with Crippen molar-refractivity contribution in [2.24, 2.45) is 0 Å². The number of nitrogens with two attached hydrogens (primary N) is 1. The second-order valence-electron chi connectivity index (χ2n) is 10.9. The molecular weight excluding hydrogens is 778 g/mol. The largest absolute Gasteiger partial charge is 1.00 e. The van der Waals surface area contributed by atoms with E-state index in [-0.39, 0.29) is 135 Å². The molecule has 2 fully saturated rings. The third-order valence-electron chi connectivity index (χ3n) is 7.27. The second kappa shape index (κ2) is 22.3. The molecule has 2 saturated heterocycles. The van der Waals surface area contributed by atoms with Crippen molar-refractivity contribution in [2.45, 2.75) is 18.5 Å². The van der Waals surface area contributed by atoms with E-state index in [1.807, 2.05) is 16.8 Å². The number of alkyl halides is 9. The van der Waals surface area contributed by atoms with Crippen LogP contribution in [0.1, 0.15) is 33.3 Å². The van der Waals surface area contributed by atoms with Crippen LogP contribution < -0.4 is 119 Å². The second-order valence-corrected chi connectivity index (χ2v) is 10.9. The third kappa shape index (κ3) is 15.8. The zero-order valence-electron chi connectivity index (χ0n) is 29.4. The average molecular weight is 811 g/mol. The van der Waals surface area contributed by atoms with Gasteiger partial charge in [-0.15, -0.1) is 0 Å². The van der Waals surface area contributed by atoms with Crippen molar-refractivity contribution in [2.75, 3.05) is 77.5 Å². The number of nitrogen functional groups attached to an aromatic ring is 1. The molecule has 2 heterocycles. The molecule has 3 N–H and O–H groups in total. The Morgan fingerprint density at radius 3 is 1.44 bits per heavy atom. The molecule has 12 nitrogen and oxygen atoms in total. The Bertz CT molecular complexity index is 1510. The molecule has 0 bridgehead atoms. The summed E-state index contributed by atoms with van der Waals surface area (Å²) in [5, 5.41) is 9.78. The number of rotatable bonds is 4. The molecule has 280 valence electrons. The van der Waals surface area contributed by atoms with E-state index in [0.717, 1.165) is 24.3 Å². The number of amides is 3. The summed E-state index contributed by atoms with van der Waals surface area (Å²) >= 11 is 0. The van der Waals surface area contributed by atoms with E-state index in [1.165, 1.54) is 21.2 Å². The van der Waals surface area contributed by atoms with Gasteiger partial charge in [0.1, 0.15) is 0 Å². The molecule has 4 rings (SSSR count). The SMILES string of the molecule is CN1CCN(C(=O)c2ccc(N)cc2C(F)(F)F)CC1.CN1CCN(C(=O)c2ccc(NC(=O)C(F)(F)F)cc2C(F)(F)F)CC1.O=CO[O-].[H-].[K+].[K+]. The van der Waals surface area contributed by atoms with Crippen molar-refractivity contribution in [1.29, 1.82) is 0 Å². The van der Waals surface area contributed by atoms with Crippen LogP contribution >= 0.6 is 0 Å². The van der Waals surface area contributed by atoms with Crippen molar-refractivity contribution in [3.8, 4) is 0 Å². The maximum Gasteiger partial charge on any atom is 1.00 e. The van der Waals surface area contributed by atoms with Crippen LogP contribution in [-0.4, -0.2) is 116 Å². The fraction of sp³-hybridized carbons (Fsp3) is 0.448. The molecule has 2 aliphatic heterocycles. The van der Waals surface area contributed by atoms with E-state index in [9.17, 15) is 53.9 Å². The number of piperazine rings is 2. The normalized spacial score (nSPS) is 15.3. The van der Waals surface area contributed by atoms with Gasteiger partial charge in [0, 0.05) is 63.7 Å². The molecule has 2 aromatic rings. The Kier molecular flexibility index (Phi) is 21.7. The standard InChI is InChI=1S/C15H15F6N3O2.C13H16F3N3O.CH2O3.2K.H/c1-23-4-6-24(7-5-23)12(25)10-3-2-9(8-11(10)14(16,17)18)22-13(26)15(19,20)21;1-18-4-6-19(7-5-18)12(20)10-3-2-9(17)8-11(10)13(14,15)16;2-1-4-3;;;/h2-3,8H,4-7H2,1H3,(H,22,26);2-3,8H,4-7,17H2,1H3;1,3H;;;/q;;;2*+1;-1/p-1. The topological polar surface area (TPSA) is 152 Å². The number of hydrogen-bond donors (Lipinski definition) is 2. The molecule has 0 unspecified atom stereocenters. The minimum atomic E-state index is -5.24. The van der Waals surface area contributed by atoms with Crippen molar-refractivity contribution >= 4 is 35.6 Å². The Balaban J connectivity index is 0. The first kappa shape index (κ1) is 50.6. The van der Waals surface area contributed by atoms with Gasteiger partial charge in [0.25, 0.3) is 18.3 Å². The minimum Gasteiger partial charge on any atom is -1.00 e. The Hall–Kier alpha value is -1.36. The number of benzene rings is 2. The van der Waals surface area contributed by atoms with Crippen LogP contribution in [0.3, 0.4) is 0 Å². The van der Waals surface area contributed by atoms with Crippen LogP contribution in [0.15, 0.2) is 36.4 Å². The summed E-state index contributed by atoms with van der Waals surface area (Å²) in [6.45, 7) is 3.44. The van der Waals surface area contributed by atoms with E-state index in [2.05, 4.69) is 4.89 Å². The predicted octanol–water partition coefficient (Wildman–Crippen LogP) is -3.18. The number of halogens is 9. The molecule has 0 aromatic heterocycles. The first-order valence-corrected chi connectivity index (χ1v) is 14.3. The van der Waals surface area contributed by atoms with E-state index in [0.29, 0.717) is 45.3 Å². The summed E-state index contributed by atoms with van der Waals surface area (Å²) in [7, 11) is 3.72. The van der Waals surface area contributed by atoms with E-state index >= 15 is 0 Å². The summed E-state index contributed by atoms with van der Waals surface area (Å²) in [4.78, 5) is 53.4. The molecule has 2 aromatic carbocycles. The Morgan fingerprint density at radius 1 is 0.731 bits per heavy atom. The zero-order valence-corrected chi connectivity index (χ0v) is 34.7. The van der Waals surface area contributed by atoms with Crippen molar-refractivity contribution < 1.29 is 173 Å². The smallest absolute Gasteiger partial charge is 1.00 e. The predicted molar refractivity (Wildman–Crippen MR) is 157 cm³/mol. The van der Waals surface area contributed by atoms with Gasteiger partial charge in [-0.3, -0.25) is 19.2 Å². The molecule has 0 spiro atoms. The molecule has 0 atom stereocenters. The van der Waals surface area contributed by atoms with Crippen LogP contribution in [0.2, 0.25) is 0 Å². The summed E-state index contributed by atoms with van der Waals surface area (Å²) in [6, 6.07) is 5.21. The van der Waals surface area contributed by atoms with Crippen molar-refractivity contribution in [3.05, 3.63) is 58.7 Å². The molecule has 0 saturated carbocycles. The van der Waals surface area contributed by atoms with E-state index < -0.39 is 58.6 Å². The van der Waals surface area contributed by atoms with Gasteiger partial charge < -0.3 is 42.2 Å². The number of nitrogens with one attached hydrogen (secondary N) is 1. The molecule has 2 aliphatic rings. The van der Waals surface area contributed by atoms with Crippen LogP contribution in [0.4, 0.5) is 50.9 Å². The van der Waals surface area contributed by atoms with Crippen LogP contribution in [0.25, 0.3) is 0 Å². The van der Waals surface area contributed by atoms with Gasteiger partial charge in [0.15, 0.2) is 0 Å². The van der Waals surface area contributed by atoms with Gasteiger partial charge in [-0.25, -0.2) is 0 Å². The summed E-state index contributed by atoms with van der Waals surface area (Å²) in [5.41, 5.74) is 1.30. The van der Waals surface area contributed by atoms with Gasteiger partial charge in [0.05, 0.1) is 22.3 Å². The number of hydrogen-bond acceptors (Lipinski definition) is 9. The molecular formula is C29H33F9K2N6O6. The number of nitrogens with zero attached hydrogens (tertiary/aromatic N) is 4. The molecule has 52 heavy (non-hydrogen) atoms. The molecule has 0 radical (unpaired) electrons. The van der Waals surface area contributed by atoms with Crippen LogP contribution in [0, 0.1) is 0 Å². The number of carbonyl (C=O) groups is 4. The fourth-order valence-electron chi connectivity index (χ4n) is 4.59. The van der Waals surface area contributed by atoms with Gasteiger partial charge in [-0.2, -0.15) is 39.5 Å². The fourth-order valence-corrected chi connectivity index (χ4v) is 4.59. The Labute approximate surface area is 378 Å². The minimum absolute atomic E-state index is 0. The third-order valence-corrected chi connectivity index (χ3v) is 7.27. The van der Waals surface area contributed by atoms with Crippen LogP contribution in [-0.2, 0) is 26.8 Å². The van der Waals surface area contributed by atoms with E-state index in [1.54, 1.807) is 7.05 Å². The maximum absolute atomic E-state index is 13.3. The number of anilines is 2. The Morgan fingerprint density at radius 2 is 1.10 bits per heavy atom. The van der Waals surface area contributed by atoms with Gasteiger partial charge in [-0.05, 0) is 50.5 Å². The quantitative estimate of drug-likeness (QED) is 0.0815. The molecule has 0 aliphatic carbocycles. The average Bonchev–Trinajstić information content (AvgIpc) is 3.04. The number of likely N-dealkylation sites (N-methyl/N-ethyl adjacent to an activating group) is 2. The van der Waals surface area contributed by atoms with Crippen molar-refractivity contribution in [3.63, 3.8) is 0 Å².